The lowest BCUT2D eigenvalue weighted by Gasteiger charge is -2.07. The molecule has 7 heteroatoms. The molecule has 0 saturated heterocycles. The largest absolute Gasteiger partial charge is 0.352 e. The van der Waals surface area contributed by atoms with Crippen molar-refractivity contribution in [2.45, 2.75) is 31.3 Å². The number of carbonyl (C=O) groups excluding carboxylic acids is 1. The number of sulfone groups is 1. The average Bonchev–Trinajstić information content (AvgIpc) is 3.12. The molecule has 3 aromatic rings. The summed E-state index contributed by atoms with van der Waals surface area (Å²) in [6.07, 6.45) is 3.47. The van der Waals surface area contributed by atoms with Crippen molar-refractivity contribution in [3.8, 4) is 0 Å². The van der Waals surface area contributed by atoms with Gasteiger partial charge in [-0.15, -0.1) is 0 Å². The molecule has 3 rings (SSSR count). The first kappa shape index (κ1) is 18.1. The van der Waals surface area contributed by atoms with Gasteiger partial charge in [0.05, 0.1) is 16.8 Å². The Morgan fingerprint density at radius 3 is 2.65 bits per heavy atom. The van der Waals surface area contributed by atoms with Crippen molar-refractivity contribution in [2.24, 2.45) is 0 Å². The van der Waals surface area contributed by atoms with Crippen LogP contribution in [0.5, 0.6) is 0 Å². The van der Waals surface area contributed by atoms with E-state index in [1.807, 2.05) is 37.4 Å². The Morgan fingerprint density at radius 2 is 1.92 bits per heavy atom. The molecular formula is C19H21N3O3S. The number of benzene rings is 2. The lowest BCUT2D eigenvalue weighted by Crippen LogP contribution is -2.25. The zero-order valence-electron chi connectivity index (χ0n) is 14.6. The first-order valence-electron chi connectivity index (χ1n) is 8.47. The van der Waals surface area contributed by atoms with Gasteiger partial charge in [0.15, 0.2) is 9.84 Å². The van der Waals surface area contributed by atoms with Crippen molar-refractivity contribution in [1.82, 2.24) is 15.1 Å². The Bertz CT molecular complexity index is 1030. The molecule has 1 heterocycles. The number of aromatic nitrogens is 2. The van der Waals surface area contributed by atoms with E-state index in [0.29, 0.717) is 6.54 Å². The molecule has 0 spiro atoms. The molecule has 1 N–H and O–H groups in total. The fourth-order valence-electron chi connectivity index (χ4n) is 2.67. The van der Waals surface area contributed by atoms with Crippen LogP contribution in [0.4, 0.5) is 0 Å². The zero-order valence-corrected chi connectivity index (χ0v) is 15.4. The summed E-state index contributed by atoms with van der Waals surface area (Å²) in [4.78, 5) is 12.2. The third-order valence-corrected chi connectivity index (χ3v) is 5.89. The van der Waals surface area contributed by atoms with Crippen molar-refractivity contribution in [2.75, 3.05) is 5.75 Å². The number of nitrogens with zero attached hydrogens (tertiary/aromatic N) is 2. The Balaban J connectivity index is 1.58. The van der Waals surface area contributed by atoms with Gasteiger partial charge in [0, 0.05) is 31.3 Å². The van der Waals surface area contributed by atoms with Gasteiger partial charge in [-0.1, -0.05) is 30.3 Å². The maximum absolute atomic E-state index is 12.5. The molecular weight excluding hydrogens is 350 g/mol. The van der Waals surface area contributed by atoms with Gasteiger partial charge in [0.2, 0.25) is 5.91 Å². The molecule has 2 aromatic carbocycles. The summed E-state index contributed by atoms with van der Waals surface area (Å²) < 4.78 is 26.8. The highest BCUT2D eigenvalue weighted by Crippen LogP contribution is 2.20. The number of amides is 1. The lowest BCUT2D eigenvalue weighted by atomic mass is 10.1. The molecule has 0 fully saturated rings. The van der Waals surface area contributed by atoms with Gasteiger partial charge < -0.3 is 5.32 Å². The fourth-order valence-corrected chi connectivity index (χ4v) is 3.94. The molecule has 1 aromatic heterocycles. The van der Waals surface area contributed by atoms with Gasteiger partial charge in [-0.3, -0.25) is 9.48 Å². The number of hydrogen-bond acceptors (Lipinski definition) is 4. The minimum Gasteiger partial charge on any atom is -0.352 e. The monoisotopic (exact) mass is 371 g/mol. The number of hydrogen-bond donors (Lipinski definition) is 1. The fraction of sp³-hybridized carbons (Fsp3) is 0.263. The second kappa shape index (κ2) is 7.70. The maximum Gasteiger partial charge on any atom is 0.221 e. The predicted molar refractivity (Wildman–Crippen MR) is 100 cm³/mol. The van der Waals surface area contributed by atoms with Crippen LogP contribution in [0.1, 0.15) is 18.9 Å². The van der Waals surface area contributed by atoms with Crippen molar-refractivity contribution in [3.05, 3.63) is 60.4 Å². The van der Waals surface area contributed by atoms with Crippen LogP contribution in [-0.4, -0.2) is 29.9 Å². The Hall–Kier alpha value is -2.67. The topological polar surface area (TPSA) is 81.1 Å². The van der Waals surface area contributed by atoms with Crippen LogP contribution >= 0.6 is 0 Å². The van der Waals surface area contributed by atoms with Gasteiger partial charge >= 0.3 is 0 Å². The van der Waals surface area contributed by atoms with Gasteiger partial charge in [-0.05, 0) is 29.8 Å². The van der Waals surface area contributed by atoms with Crippen molar-refractivity contribution in [1.29, 1.82) is 0 Å². The maximum atomic E-state index is 12.5. The average molecular weight is 371 g/mol. The van der Waals surface area contributed by atoms with E-state index in [-0.39, 0.29) is 23.0 Å². The SMILES string of the molecule is CCn1cc(CNC(=O)CCS(=O)(=O)c2ccc3ccccc3c2)cn1. The molecule has 0 radical (unpaired) electrons. The van der Waals surface area contributed by atoms with E-state index in [9.17, 15) is 13.2 Å². The molecule has 0 unspecified atom stereocenters. The number of nitrogens with one attached hydrogen (secondary N) is 1. The molecule has 0 aliphatic rings. The van der Waals surface area contributed by atoms with E-state index in [2.05, 4.69) is 10.4 Å². The molecule has 0 bridgehead atoms. The van der Waals surface area contributed by atoms with Crippen LogP contribution in [-0.2, 0) is 27.7 Å². The van der Waals surface area contributed by atoms with Crippen molar-refractivity contribution >= 4 is 26.5 Å². The quantitative estimate of drug-likeness (QED) is 0.692. The Morgan fingerprint density at radius 1 is 1.15 bits per heavy atom. The number of fused-ring (bicyclic) bond motifs is 1. The summed E-state index contributed by atoms with van der Waals surface area (Å²) in [6, 6.07) is 12.6. The second-order valence-electron chi connectivity index (χ2n) is 6.06. The lowest BCUT2D eigenvalue weighted by molar-refractivity contribution is -0.120. The highest BCUT2D eigenvalue weighted by molar-refractivity contribution is 7.91. The Labute approximate surface area is 152 Å². The standard InChI is InChI=1S/C19H21N3O3S/c1-2-22-14-15(13-21-22)12-20-19(23)9-10-26(24,25)18-8-7-16-5-3-4-6-17(16)11-18/h3-8,11,13-14H,2,9-10,12H2,1H3,(H,20,23). The van der Waals surface area contributed by atoms with Gasteiger partial charge in [-0.25, -0.2) is 8.42 Å². The van der Waals surface area contributed by atoms with E-state index in [1.165, 1.54) is 0 Å². The van der Waals surface area contributed by atoms with Gasteiger partial charge in [0.25, 0.3) is 0 Å². The molecule has 0 aliphatic heterocycles. The molecule has 0 aliphatic carbocycles. The number of rotatable bonds is 7. The Kier molecular flexibility index (Phi) is 5.37. The summed E-state index contributed by atoms with van der Waals surface area (Å²) in [5.74, 6) is -0.510. The molecule has 26 heavy (non-hydrogen) atoms. The van der Waals surface area contributed by atoms with E-state index in [0.717, 1.165) is 22.9 Å². The summed E-state index contributed by atoms with van der Waals surface area (Å²) >= 11 is 0. The second-order valence-corrected chi connectivity index (χ2v) is 8.17. The van der Waals surface area contributed by atoms with Crippen LogP contribution < -0.4 is 5.32 Å². The summed E-state index contributed by atoms with van der Waals surface area (Å²) in [6.45, 7) is 3.08. The number of carbonyl (C=O) groups is 1. The number of aryl methyl sites for hydroxylation is 1. The minimum atomic E-state index is -3.51. The third kappa shape index (κ3) is 4.29. The zero-order chi connectivity index (χ0) is 18.6. The third-order valence-electron chi connectivity index (χ3n) is 4.18. The molecule has 0 atom stereocenters. The van der Waals surface area contributed by atoms with Crippen LogP contribution in [0.15, 0.2) is 59.8 Å². The first-order valence-corrected chi connectivity index (χ1v) is 10.1. The smallest absolute Gasteiger partial charge is 0.221 e. The van der Waals surface area contributed by atoms with E-state index < -0.39 is 9.84 Å². The summed E-state index contributed by atoms with van der Waals surface area (Å²) in [5, 5.41) is 8.72. The highest BCUT2D eigenvalue weighted by Gasteiger charge is 2.17. The summed E-state index contributed by atoms with van der Waals surface area (Å²) in [7, 11) is -3.51. The molecule has 1 amide bonds. The molecule has 6 nitrogen and oxygen atoms in total. The van der Waals surface area contributed by atoms with E-state index in [1.54, 1.807) is 29.1 Å². The van der Waals surface area contributed by atoms with Crippen LogP contribution in [0, 0.1) is 0 Å². The van der Waals surface area contributed by atoms with E-state index >= 15 is 0 Å². The predicted octanol–water partition coefficient (Wildman–Crippen LogP) is 2.54. The minimum absolute atomic E-state index is 0.0723. The normalized spacial score (nSPS) is 11.6. The van der Waals surface area contributed by atoms with Crippen LogP contribution in [0.25, 0.3) is 10.8 Å². The first-order chi connectivity index (χ1) is 12.5. The van der Waals surface area contributed by atoms with Crippen molar-refractivity contribution in [3.63, 3.8) is 0 Å². The van der Waals surface area contributed by atoms with Gasteiger partial charge in [0.1, 0.15) is 0 Å². The van der Waals surface area contributed by atoms with Crippen LogP contribution in [0.3, 0.4) is 0 Å². The van der Waals surface area contributed by atoms with E-state index in [4.69, 9.17) is 0 Å². The van der Waals surface area contributed by atoms with Crippen LogP contribution in [0.2, 0.25) is 0 Å². The highest BCUT2D eigenvalue weighted by atomic mass is 32.2. The summed E-state index contributed by atoms with van der Waals surface area (Å²) in [5.41, 5.74) is 0.887. The molecule has 136 valence electrons. The van der Waals surface area contributed by atoms with Gasteiger partial charge in [-0.2, -0.15) is 5.10 Å². The van der Waals surface area contributed by atoms with Crippen molar-refractivity contribution < 1.29 is 13.2 Å². The molecule has 0 saturated carbocycles.